The monoisotopic (exact) mass is 301 g/mol. The summed E-state index contributed by atoms with van der Waals surface area (Å²) in [5, 5.41) is 0.663. The van der Waals surface area contributed by atoms with Crippen molar-refractivity contribution in [3.63, 3.8) is 0 Å². The Kier molecular flexibility index (Phi) is 5.47. The normalized spacial score (nSPS) is 10.5. The first-order chi connectivity index (χ1) is 10.7. The molecular formula is C17H19NO4. The van der Waals surface area contributed by atoms with E-state index in [1.165, 1.54) is 6.07 Å². The van der Waals surface area contributed by atoms with Crippen LogP contribution in [0.1, 0.15) is 47.5 Å². The molecular weight excluding hydrogens is 282 g/mol. The molecule has 0 fully saturated rings. The summed E-state index contributed by atoms with van der Waals surface area (Å²) in [6.07, 6.45) is 1.46. The summed E-state index contributed by atoms with van der Waals surface area (Å²) in [6.45, 7) is 4.49. The summed E-state index contributed by atoms with van der Waals surface area (Å²) >= 11 is 0. The number of pyridine rings is 1. The van der Waals surface area contributed by atoms with Gasteiger partial charge >= 0.3 is 11.9 Å². The molecule has 2 rings (SSSR count). The standard InChI is InChI=1S/C17H19NO4/c1-3-9-21-16(19)13-11-15(17(20)22-10-4-2)18-14-8-6-5-7-12(13)14/h5-8,11H,3-4,9-10H2,1-2H3. The van der Waals surface area contributed by atoms with Gasteiger partial charge in [-0.25, -0.2) is 14.6 Å². The number of para-hydroxylation sites is 1. The van der Waals surface area contributed by atoms with Gasteiger partial charge in [0.2, 0.25) is 0 Å². The highest BCUT2D eigenvalue weighted by Crippen LogP contribution is 2.20. The number of esters is 2. The summed E-state index contributed by atoms with van der Waals surface area (Å²) < 4.78 is 10.3. The van der Waals surface area contributed by atoms with E-state index in [0.717, 1.165) is 12.8 Å². The second kappa shape index (κ2) is 7.54. The van der Waals surface area contributed by atoms with Gasteiger partial charge in [0.05, 0.1) is 24.3 Å². The lowest BCUT2D eigenvalue weighted by Gasteiger charge is -2.09. The molecule has 0 radical (unpaired) electrons. The third-order valence-electron chi connectivity index (χ3n) is 3.02. The number of rotatable bonds is 6. The molecule has 1 heterocycles. The molecule has 0 N–H and O–H groups in total. The van der Waals surface area contributed by atoms with E-state index in [2.05, 4.69) is 4.98 Å². The predicted molar refractivity (Wildman–Crippen MR) is 82.9 cm³/mol. The zero-order chi connectivity index (χ0) is 15.9. The first kappa shape index (κ1) is 15.9. The van der Waals surface area contributed by atoms with Crippen LogP contribution in [0.25, 0.3) is 10.9 Å². The van der Waals surface area contributed by atoms with Crippen LogP contribution in [-0.4, -0.2) is 30.1 Å². The maximum Gasteiger partial charge on any atom is 0.356 e. The average Bonchev–Trinajstić information content (AvgIpc) is 2.56. The number of aromatic nitrogens is 1. The number of hydrogen-bond acceptors (Lipinski definition) is 5. The minimum absolute atomic E-state index is 0.121. The average molecular weight is 301 g/mol. The van der Waals surface area contributed by atoms with Gasteiger partial charge in [-0.1, -0.05) is 32.0 Å². The zero-order valence-corrected chi connectivity index (χ0v) is 12.8. The second-order valence-corrected chi connectivity index (χ2v) is 4.84. The fraction of sp³-hybridized carbons (Fsp3) is 0.353. The molecule has 0 saturated carbocycles. The summed E-state index contributed by atoms with van der Waals surface area (Å²) in [5.74, 6) is -0.984. The molecule has 1 aromatic heterocycles. The SMILES string of the molecule is CCCOC(=O)c1cc(C(=O)OCCC)c2ccccc2n1. The fourth-order valence-electron chi connectivity index (χ4n) is 1.99. The third-order valence-corrected chi connectivity index (χ3v) is 3.02. The minimum Gasteiger partial charge on any atom is -0.462 e. The Hall–Kier alpha value is -2.43. The lowest BCUT2D eigenvalue weighted by molar-refractivity contribution is 0.0498. The smallest absolute Gasteiger partial charge is 0.356 e. The van der Waals surface area contributed by atoms with Crippen LogP contribution in [0, 0.1) is 0 Å². The summed E-state index contributed by atoms with van der Waals surface area (Å²) in [6, 6.07) is 8.60. The first-order valence-electron chi connectivity index (χ1n) is 7.41. The van der Waals surface area contributed by atoms with Crippen LogP contribution >= 0.6 is 0 Å². The van der Waals surface area contributed by atoms with Crippen molar-refractivity contribution >= 4 is 22.8 Å². The number of carbonyl (C=O) groups excluding carboxylic acids is 2. The molecule has 0 saturated heterocycles. The number of nitrogens with zero attached hydrogens (tertiary/aromatic N) is 1. The summed E-state index contributed by atoms with van der Waals surface area (Å²) in [5.41, 5.74) is 1.02. The maximum atomic E-state index is 12.2. The predicted octanol–water partition coefficient (Wildman–Crippen LogP) is 3.37. The van der Waals surface area contributed by atoms with Gasteiger partial charge in [0.15, 0.2) is 0 Å². The van der Waals surface area contributed by atoms with Crippen LogP contribution < -0.4 is 0 Å². The van der Waals surface area contributed by atoms with Crippen molar-refractivity contribution in [2.24, 2.45) is 0 Å². The highest BCUT2D eigenvalue weighted by Gasteiger charge is 2.18. The van der Waals surface area contributed by atoms with Gasteiger partial charge in [-0.2, -0.15) is 0 Å². The zero-order valence-electron chi connectivity index (χ0n) is 12.8. The number of benzene rings is 1. The maximum absolute atomic E-state index is 12.2. The Morgan fingerprint density at radius 1 is 1.00 bits per heavy atom. The van der Waals surface area contributed by atoms with Crippen LogP contribution in [0.15, 0.2) is 30.3 Å². The molecule has 0 amide bonds. The second-order valence-electron chi connectivity index (χ2n) is 4.84. The van der Waals surface area contributed by atoms with E-state index in [1.807, 2.05) is 19.9 Å². The Labute approximate surface area is 129 Å². The quantitative estimate of drug-likeness (QED) is 0.765. The third kappa shape index (κ3) is 3.61. The highest BCUT2D eigenvalue weighted by molar-refractivity contribution is 6.05. The molecule has 0 aliphatic rings. The van der Waals surface area contributed by atoms with Crippen molar-refractivity contribution in [2.75, 3.05) is 13.2 Å². The van der Waals surface area contributed by atoms with E-state index in [-0.39, 0.29) is 5.69 Å². The highest BCUT2D eigenvalue weighted by atomic mass is 16.5. The van der Waals surface area contributed by atoms with E-state index >= 15 is 0 Å². The van der Waals surface area contributed by atoms with Crippen LogP contribution in [-0.2, 0) is 9.47 Å². The van der Waals surface area contributed by atoms with Crippen molar-refractivity contribution < 1.29 is 19.1 Å². The Morgan fingerprint density at radius 3 is 2.32 bits per heavy atom. The summed E-state index contributed by atoms with van der Waals surface area (Å²) in [4.78, 5) is 28.5. The minimum atomic E-state index is -0.530. The number of carbonyl (C=O) groups is 2. The van der Waals surface area contributed by atoms with Crippen molar-refractivity contribution in [3.05, 3.63) is 41.6 Å². The van der Waals surface area contributed by atoms with Crippen LogP contribution in [0.3, 0.4) is 0 Å². The van der Waals surface area contributed by atoms with Crippen LogP contribution in [0.2, 0.25) is 0 Å². The Morgan fingerprint density at radius 2 is 1.64 bits per heavy atom. The molecule has 22 heavy (non-hydrogen) atoms. The van der Waals surface area contributed by atoms with Gasteiger partial charge < -0.3 is 9.47 Å². The molecule has 0 atom stereocenters. The molecule has 116 valence electrons. The van der Waals surface area contributed by atoms with E-state index in [9.17, 15) is 9.59 Å². The molecule has 0 bridgehead atoms. The van der Waals surface area contributed by atoms with Crippen molar-refractivity contribution in [1.29, 1.82) is 0 Å². The molecule has 0 spiro atoms. The topological polar surface area (TPSA) is 65.5 Å². The molecule has 5 heteroatoms. The molecule has 0 aliphatic heterocycles. The van der Waals surface area contributed by atoms with Gasteiger partial charge in [-0.3, -0.25) is 0 Å². The van der Waals surface area contributed by atoms with Gasteiger partial charge in [0.1, 0.15) is 5.69 Å². The lowest BCUT2D eigenvalue weighted by Crippen LogP contribution is -2.12. The molecule has 1 aromatic carbocycles. The van der Waals surface area contributed by atoms with Gasteiger partial charge in [-0.05, 0) is 25.0 Å². The van der Waals surface area contributed by atoms with Crippen LogP contribution in [0.4, 0.5) is 0 Å². The largest absolute Gasteiger partial charge is 0.462 e. The van der Waals surface area contributed by atoms with Crippen molar-refractivity contribution in [3.8, 4) is 0 Å². The van der Waals surface area contributed by atoms with E-state index in [1.54, 1.807) is 18.2 Å². The molecule has 5 nitrogen and oxygen atoms in total. The fourth-order valence-corrected chi connectivity index (χ4v) is 1.99. The Balaban J connectivity index is 2.43. The number of hydrogen-bond donors (Lipinski definition) is 0. The lowest BCUT2D eigenvalue weighted by atomic mass is 10.1. The van der Waals surface area contributed by atoms with Crippen molar-refractivity contribution in [1.82, 2.24) is 4.98 Å². The van der Waals surface area contributed by atoms with Gasteiger partial charge in [0.25, 0.3) is 0 Å². The first-order valence-corrected chi connectivity index (χ1v) is 7.41. The molecule has 0 unspecified atom stereocenters. The number of fused-ring (bicyclic) bond motifs is 1. The Bertz CT molecular complexity index is 681. The molecule has 0 aliphatic carbocycles. The van der Waals surface area contributed by atoms with Crippen LogP contribution in [0.5, 0.6) is 0 Å². The van der Waals surface area contributed by atoms with Gasteiger partial charge in [-0.15, -0.1) is 0 Å². The van der Waals surface area contributed by atoms with E-state index in [4.69, 9.17) is 9.47 Å². The van der Waals surface area contributed by atoms with E-state index in [0.29, 0.717) is 29.7 Å². The van der Waals surface area contributed by atoms with Crippen molar-refractivity contribution in [2.45, 2.75) is 26.7 Å². The number of ether oxygens (including phenoxy) is 2. The van der Waals surface area contributed by atoms with Gasteiger partial charge in [0, 0.05) is 5.39 Å². The molecule has 2 aromatic rings. The summed E-state index contributed by atoms with van der Waals surface area (Å²) in [7, 11) is 0. The van der Waals surface area contributed by atoms with E-state index < -0.39 is 11.9 Å².